The molecule has 1 atom stereocenters. The summed E-state index contributed by atoms with van der Waals surface area (Å²) in [4.78, 5) is 21.7. The Labute approximate surface area is 177 Å². The number of amides is 1. The topological polar surface area (TPSA) is 78.9 Å². The van der Waals surface area contributed by atoms with Crippen molar-refractivity contribution in [1.82, 2.24) is 20.5 Å². The number of carbonyl (C=O) groups excluding carboxylic acids is 1. The molecule has 9 heteroatoms. The van der Waals surface area contributed by atoms with E-state index in [-0.39, 0.29) is 42.5 Å². The standard InChI is InChI=1S/C17H26ClN5O2.HI/c1-23(2)16(24)12-22-17(21-11-14-4-3-9-25-14)19-8-7-13-5-6-15(18)20-10-13;/h5-6,10,14H,3-4,7-9,11-12H2,1-2H3,(H2,19,21,22);1H. The van der Waals surface area contributed by atoms with Crippen LogP contribution in [0, 0.1) is 0 Å². The van der Waals surface area contributed by atoms with Crippen molar-refractivity contribution in [3.63, 3.8) is 0 Å². The zero-order chi connectivity index (χ0) is 18.1. The van der Waals surface area contributed by atoms with Crippen LogP contribution in [0.1, 0.15) is 18.4 Å². The Morgan fingerprint density at radius 2 is 2.23 bits per heavy atom. The Balaban J connectivity index is 0.00000338. The quantitative estimate of drug-likeness (QED) is 0.261. The van der Waals surface area contributed by atoms with Crippen molar-refractivity contribution in [2.75, 3.05) is 40.3 Å². The first-order valence-electron chi connectivity index (χ1n) is 8.49. The lowest BCUT2D eigenvalue weighted by Crippen LogP contribution is -2.42. The zero-order valence-corrected chi connectivity index (χ0v) is 18.3. The molecule has 2 N–H and O–H groups in total. The Morgan fingerprint density at radius 1 is 1.42 bits per heavy atom. The van der Waals surface area contributed by atoms with Gasteiger partial charge in [0.1, 0.15) is 11.7 Å². The number of hydrogen-bond donors (Lipinski definition) is 2. The molecular formula is C17H27ClIN5O2. The summed E-state index contributed by atoms with van der Waals surface area (Å²) in [7, 11) is 3.44. The average molecular weight is 496 g/mol. The molecule has 0 aromatic carbocycles. The number of aliphatic imine (C=N–C) groups is 1. The van der Waals surface area contributed by atoms with Gasteiger partial charge in [0.2, 0.25) is 5.91 Å². The van der Waals surface area contributed by atoms with Crippen molar-refractivity contribution in [3.05, 3.63) is 29.0 Å². The van der Waals surface area contributed by atoms with Crippen LogP contribution in [0.25, 0.3) is 0 Å². The lowest BCUT2D eigenvalue weighted by molar-refractivity contribution is -0.127. The molecule has 1 amide bonds. The number of ether oxygens (including phenoxy) is 1. The third-order valence-electron chi connectivity index (χ3n) is 3.89. The molecule has 0 spiro atoms. The van der Waals surface area contributed by atoms with Gasteiger partial charge in [0.25, 0.3) is 0 Å². The highest BCUT2D eigenvalue weighted by Gasteiger charge is 2.15. The molecule has 1 aromatic rings. The number of likely N-dealkylation sites (N-methyl/N-ethyl adjacent to an activating group) is 1. The van der Waals surface area contributed by atoms with E-state index in [1.165, 1.54) is 4.90 Å². The SMILES string of the molecule is CN(C)C(=O)CN=C(NCCc1ccc(Cl)nc1)NCC1CCCO1.I. The molecule has 0 bridgehead atoms. The molecule has 0 aliphatic carbocycles. The van der Waals surface area contributed by atoms with E-state index in [0.717, 1.165) is 31.4 Å². The van der Waals surface area contributed by atoms with Crippen LogP contribution in [-0.4, -0.2) is 68.2 Å². The van der Waals surface area contributed by atoms with Gasteiger partial charge in [-0.1, -0.05) is 17.7 Å². The van der Waals surface area contributed by atoms with E-state index in [2.05, 4.69) is 20.6 Å². The summed E-state index contributed by atoms with van der Waals surface area (Å²) in [5, 5.41) is 7.00. The van der Waals surface area contributed by atoms with Crippen LogP contribution >= 0.6 is 35.6 Å². The van der Waals surface area contributed by atoms with E-state index in [0.29, 0.717) is 24.2 Å². The van der Waals surface area contributed by atoms with E-state index in [1.807, 2.05) is 6.07 Å². The van der Waals surface area contributed by atoms with Gasteiger partial charge in [0.15, 0.2) is 5.96 Å². The minimum atomic E-state index is -0.0416. The molecule has 2 rings (SSSR count). The van der Waals surface area contributed by atoms with Crippen molar-refractivity contribution in [3.8, 4) is 0 Å². The molecule has 146 valence electrons. The number of halogens is 2. The van der Waals surface area contributed by atoms with Crippen molar-refractivity contribution in [1.29, 1.82) is 0 Å². The predicted octanol–water partition coefficient (Wildman–Crippen LogP) is 1.70. The molecule has 1 aromatic heterocycles. The highest BCUT2D eigenvalue weighted by Crippen LogP contribution is 2.10. The van der Waals surface area contributed by atoms with Crippen molar-refractivity contribution >= 4 is 47.4 Å². The fourth-order valence-corrected chi connectivity index (χ4v) is 2.47. The van der Waals surface area contributed by atoms with Gasteiger partial charge in [-0.05, 0) is 30.9 Å². The maximum Gasteiger partial charge on any atom is 0.243 e. The lowest BCUT2D eigenvalue weighted by Gasteiger charge is -2.16. The summed E-state index contributed by atoms with van der Waals surface area (Å²) in [6, 6.07) is 3.72. The number of pyridine rings is 1. The van der Waals surface area contributed by atoms with Crippen LogP contribution in [0.5, 0.6) is 0 Å². The van der Waals surface area contributed by atoms with Gasteiger partial charge in [-0.3, -0.25) is 4.79 Å². The molecule has 1 fully saturated rings. The van der Waals surface area contributed by atoms with Crippen LogP contribution in [0.4, 0.5) is 0 Å². The molecule has 1 aliphatic heterocycles. The normalized spacial score (nSPS) is 16.7. The highest BCUT2D eigenvalue weighted by atomic mass is 127. The Kier molecular flexibility index (Phi) is 10.8. The number of nitrogens with zero attached hydrogens (tertiary/aromatic N) is 3. The van der Waals surface area contributed by atoms with E-state index >= 15 is 0 Å². The van der Waals surface area contributed by atoms with Crippen LogP contribution in [0.15, 0.2) is 23.3 Å². The second kappa shape index (κ2) is 12.3. The number of aromatic nitrogens is 1. The largest absolute Gasteiger partial charge is 0.376 e. The molecular weight excluding hydrogens is 469 g/mol. The summed E-state index contributed by atoms with van der Waals surface area (Å²) in [5.74, 6) is 0.577. The smallest absolute Gasteiger partial charge is 0.243 e. The monoisotopic (exact) mass is 495 g/mol. The first-order valence-corrected chi connectivity index (χ1v) is 8.87. The van der Waals surface area contributed by atoms with Crippen LogP contribution in [-0.2, 0) is 16.0 Å². The van der Waals surface area contributed by atoms with Gasteiger partial charge in [-0.2, -0.15) is 0 Å². The van der Waals surface area contributed by atoms with Gasteiger partial charge in [0.05, 0.1) is 6.10 Å². The summed E-state index contributed by atoms with van der Waals surface area (Å²) in [6.45, 7) is 2.28. The van der Waals surface area contributed by atoms with Crippen LogP contribution in [0.3, 0.4) is 0 Å². The van der Waals surface area contributed by atoms with E-state index in [4.69, 9.17) is 16.3 Å². The van der Waals surface area contributed by atoms with Gasteiger partial charge in [-0.15, -0.1) is 24.0 Å². The fourth-order valence-electron chi connectivity index (χ4n) is 2.36. The molecule has 2 heterocycles. The second-order valence-corrected chi connectivity index (χ2v) is 6.52. The van der Waals surface area contributed by atoms with Crippen molar-refractivity contribution in [2.24, 2.45) is 4.99 Å². The Hall–Kier alpha value is -1.13. The van der Waals surface area contributed by atoms with Gasteiger partial charge < -0.3 is 20.3 Å². The van der Waals surface area contributed by atoms with Gasteiger partial charge in [0, 0.05) is 40.0 Å². The molecule has 1 unspecified atom stereocenters. The van der Waals surface area contributed by atoms with Crippen molar-refractivity contribution in [2.45, 2.75) is 25.4 Å². The van der Waals surface area contributed by atoms with Crippen molar-refractivity contribution < 1.29 is 9.53 Å². The third kappa shape index (κ3) is 8.50. The highest BCUT2D eigenvalue weighted by molar-refractivity contribution is 14.0. The Bertz CT molecular complexity index is 577. The van der Waals surface area contributed by atoms with Crippen LogP contribution in [0.2, 0.25) is 5.15 Å². The summed E-state index contributed by atoms with van der Waals surface area (Å²) in [6.07, 6.45) is 4.89. The molecule has 0 radical (unpaired) electrons. The third-order valence-corrected chi connectivity index (χ3v) is 4.11. The molecule has 7 nitrogen and oxygen atoms in total. The Morgan fingerprint density at radius 3 is 2.85 bits per heavy atom. The summed E-state index contributed by atoms with van der Waals surface area (Å²) >= 11 is 5.79. The summed E-state index contributed by atoms with van der Waals surface area (Å²) in [5.41, 5.74) is 1.08. The first-order chi connectivity index (χ1) is 12.0. The minimum absolute atomic E-state index is 0. The maximum absolute atomic E-state index is 11.8. The molecule has 1 aliphatic rings. The average Bonchev–Trinajstić information content (AvgIpc) is 3.11. The minimum Gasteiger partial charge on any atom is -0.376 e. The number of guanidine groups is 1. The number of nitrogens with one attached hydrogen (secondary N) is 2. The van der Waals surface area contributed by atoms with E-state index < -0.39 is 0 Å². The predicted molar refractivity (Wildman–Crippen MR) is 114 cm³/mol. The number of carbonyl (C=O) groups is 1. The molecule has 26 heavy (non-hydrogen) atoms. The number of hydrogen-bond acceptors (Lipinski definition) is 4. The van der Waals surface area contributed by atoms with Gasteiger partial charge in [-0.25, -0.2) is 9.98 Å². The van der Waals surface area contributed by atoms with Gasteiger partial charge >= 0.3 is 0 Å². The maximum atomic E-state index is 11.8. The molecule has 1 saturated heterocycles. The van der Waals surface area contributed by atoms with E-state index in [1.54, 1.807) is 26.4 Å². The zero-order valence-electron chi connectivity index (χ0n) is 15.2. The first kappa shape index (κ1) is 22.9. The molecule has 0 saturated carbocycles. The summed E-state index contributed by atoms with van der Waals surface area (Å²) < 4.78 is 5.61. The fraction of sp³-hybridized carbons (Fsp3) is 0.588. The van der Waals surface area contributed by atoms with E-state index in [9.17, 15) is 4.79 Å². The lowest BCUT2D eigenvalue weighted by atomic mass is 10.2. The number of rotatable bonds is 7. The second-order valence-electron chi connectivity index (χ2n) is 6.13. The van der Waals surface area contributed by atoms with Crippen LogP contribution < -0.4 is 10.6 Å².